The first kappa shape index (κ1) is 23.3. The van der Waals surface area contributed by atoms with Gasteiger partial charge in [-0.15, -0.1) is 0 Å². The summed E-state index contributed by atoms with van der Waals surface area (Å²) in [5.74, 6) is -3.84. The van der Waals surface area contributed by atoms with Crippen LogP contribution >= 0.6 is 0 Å². The van der Waals surface area contributed by atoms with Crippen molar-refractivity contribution in [2.24, 2.45) is 17.8 Å². The molecule has 1 aliphatic carbocycles. The van der Waals surface area contributed by atoms with E-state index in [1.165, 1.54) is 4.90 Å². The normalized spacial score (nSPS) is 29.2. The SMILES string of the molecule is CCC1=C2CC[C@H]3C(=O)N(c4ccccc4)C(=O)[C@H]3[C@H]2[C@@]2(C)C(=O)N(Cc3ccccc3)C(=O)N2C1=O. The van der Waals surface area contributed by atoms with E-state index in [0.717, 1.165) is 20.9 Å². The third kappa shape index (κ3) is 3.04. The molecule has 0 N–H and O–H groups in total. The van der Waals surface area contributed by atoms with Crippen molar-refractivity contribution in [1.82, 2.24) is 9.80 Å². The molecule has 0 spiro atoms. The number of amides is 6. The molecule has 0 radical (unpaired) electrons. The summed E-state index contributed by atoms with van der Waals surface area (Å²) in [7, 11) is 0. The van der Waals surface area contributed by atoms with Gasteiger partial charge < -0.3 is 0 Å². The molecule has 3 heterocycles. The topological polar surface area (TPSA) is 95.1 Å². The fourth-order valence-electron chi connectivity index (χ4n) is 6.87. The molecule has 6 amide bonds. The van der Waals surface area contributed by atoms with Gasteiger partial charge in [0.1, 0.15) is 5.54 Å². The summed E-state index contributed by atoms with van der Waals surface area (Å²) in [6.07, 6.45) is 1.23. The Bertz CT molecular complexity index is 1380. The van der Waals surface area contributed by atoms with Gasteiger partial charge in [0, 0.05) is 11.5 Å². The Morgan fingerprint density at radius 1 is 0.892 bits per heavy atom. The number of urea groups is 1. The van der Waals surface area contributed by atoms with E-state index >= 15 is 0 Å². The minimum atomic E-state index is -1.58. The lowest BCUT2D eigenvalue weighted by atomic mass is 9.59. The maximum Gasteiger partial charge on any atom is 0.335 e. The lowest BCUT2D eigenvalue weighted by Crippen LogP contribution is -2.63. The molecule has 3 fully saturated rings. The molecule has 2 saturated heterocycles. The quantitative estimate of drug-likeness (QED) is 0.475. The van der Waals surface area contributed by atoms with Gasteiger partial charge in [-0.2, -0.15) is 0 Å². The molecule has 0 aromatic heterocycles. The zero-order chi connectivity index (χ0) is 26.1. The first-order chi connectivity index (χ1) is 17.8. The van der Waals surface area contributed by atoms with Crippen LogP contribution in [0, 0.1) is 17.8 Å². The number of fused-ring (bicyclic) bond motifs is 5. The molecule has 8 nitrogen and oxygen atoms in total. The third-order valence-corrected chi connectivity index (χ3v) is 8.51. The van der Waals surface area contributed by atoms with Crippen LogP contribution in [-0.2, 0) is 25.7 Å². The van der Waals surface area contributed by atoms with Gasteiger partial charge in [0.2, 0.25) is 11.8 Å². The second-order valence-corrected chi connectivity index (χ2v) is 10.3. The Labute approximate surface area is 214 Å². The molecule has 1 saturated carbocycles. The molecule has 0 unspecified atom stereocenters. The molecule has 37 heavy (non-hydrogen) atoms. The lowest BCUT2D eigenvalue weighted by Gasteiger charge is -2.48. The highest BCUT2D eigenvalue weighted by Gasteiger charge is 2.70. The standard InChI is InChI=1S/C29H27N3O5/c1-3-19-20-14-15-21-22(26(35)31(24(21)33)18-12-8-5-9-13-18)23(20)29(2)27(36)30(28(37)32(29)25(19)34)16-17-10-6-4-7-11-17/h4-13,21-23H,3,14-16H2,1-2H3/t21-,22-,23+,29+/m1/s1. The average molecular weight is 498 g/mol. The monoisotopic (exact) mass is 497 g/mol. The molecule has 3 aliphatic heterocycles. The number of carbonyl (C=O) groups excluding carboxylic acids is 5. The van der Waals surface area contributed by atoms with Crippen LogP contribution in [0.5, 0.6) is 0 Å². The third-order valence-electron chi connectivity index (χ3n) is 8.51. The van der Waals surface area contributed by atoms with E-state index in [1.807, 2.05) is 43.3 Å². The number of benzene rings is 2. The van der Waals surface area contributed by atoms with Crippen molar-refractivity contribution in [3.05, 3.63) is 77.4 Å². The van der Waals surface area contributed by atoms with Gasteiger partial charge in [0.05, 0.1) is 24.1 Å². The maximum absolute atomic E-state index is 14.1. The second kappa shape index (κ2) is 8.23. The Kier molecular flexibility index (Phi) is 5.19. The van der Waals surface area contributed by atoms with Crippen LogP contribution < -0.4 is 4.90 Å². The molecule has 0 bridgehead atoms. The Balaban J connectivity index is 1.48. The average Bonchev–Trinajstić information content (AvgIpc) is 3.27. The van der Waals surface area contributed by atoms with Gasteiger partial charge in [-0.25, -0.2) is 9.69 Å². The first-order valence-electron chi connectivity index (χ1n) is 12.7. The number of anilines is 1. The van der Waals surface area contributed by atoms with E-state index in [-0.39, 0.29) is 18.4 Å². The summed E-state index contributed by atoms with van der Waals surface area (Å²) in [4.78, 5) is 72.3. The first-order valence-corrected chi connectivity index (χ1v) is 12.7. The molecule has 2 aromatic rings. The molecular formula is C29H27N3O5. The smallest absolute Gasteiger partial charge is 0.274 e. The van der Waals surface area contributed by atoms with Gasteiger partial charge in [-0.1, -0.05) is 61.0 Å². The second-order valence-electron chi connectivity index (χ2n) is 10.3. The van der Waals surface area contributed by atoms with Crippen LogP contribution in [0.2, 0.25) is 0 Å². The molecule has 4 atom stereocenters. The van der Waals surface area contributed by atoms with Crippen molar-refractivity contribution in [2.45, 2.75) is 45.2 Å². The van der Waals surface area contributed by atoms with Crippen LogP contribution in [0.1, 0.15) is 38.7 Å². The molecule has 8 heteroatoms. The summed E-state index contributed by atoms with van der Waals surface area (Å²) in [6.45, 7) is 3.46. The Morgan fingerprint density at radius 3 is 2.19 bits per heavy atom. The fourth-order valence-corrected chi connectivity index (χ4v) is 6.87. The maximum atomic E-state index is 14.1. The number of nitrogens with zero attached hydrogens (tertiary/aromatic N) is 3. The van der Waals surface area contributed by atoms with Gasteiger partial charge in [0.15, 0.2) is 0 Å². The van der Waals surface area contributed by atoms with Crippen molar-refractivity contribution in [2.75, 3.05) is 4.90 Å². The number of para-hydroxylation sites is 1. The molecule has 2 aromatic carbocycles. The van der Waals surface area contributed by atoms with Crippen molar-refractivity contribution in [3.8, 4) is 0 Å². The summed E-state index contributed by atoms with van der Waals surface area (Å²) in [5.41, 5.74) is 0.880. The van der Waals surface area contributed by atoms with E-state index < -0.39 is 41.1 Å². The number of carbonyl (C=O) groups is 5. The number of hydrogen-bond acceptors (Lipinski definition) is 5. The minimum Gasteiger partial charge on any atom is -0.274 e. The zero-order valence-electron chi connectivity index (χ0n) is 20.7. The molecule has 188 valence electrons. The lowest BCUT2D eigenvalue weighted by molar-refractivity contribution is -0.146. The summed E-state index contributed by atoms with van der Waals surface area (Å²) in [5, 5.41) is 0. The number of imide groups is 3. The Morgan fingerprint density at radius 2 is 1.54 bits per heavy atom. The predicted octanol–water partition coefficient (Wildman–Crippen LogP) is 3.67. The highest BCUT2D eigenvalue weighted by molar-refractivity contribution is 6.24. The summed E-state index contributed by atoms with van der Waals surface area (Å²) >= 11 is 0. The minimum absolute atomic E-state index is 0.0263. The summed E-state index contributed by atoms with van der Waals surface area (Å²) < 4.78 is 0. The van der Waals surface area contributed by atoms with Crippen molar-refractivity contribution < 1.29 is 24.0 Å². The van der Waals surface area contributed by atoms with E-state index in [2.05, 4.69) is 0 Å². The van der Waals surface area contributed by atoms with Crippen molar-refractivity contribution >= 4 is 35.3 Å². The van der Waals surface area contributed by atoms with Crippen LogP contribution in [0.4, 0.5) is 10.5 Å². The van der Waals surface area contributed by atoms with Gasteiger partial charge in [0.25, 0.3) is 11.8 Å². The van der Waals surface area contributed by atoms with E-state index in [1.54, 1.807) is 31.2 Å². The van der Waals surface area contributed by atoms with Gasteiger partial charge >= 0.3 is 6.03 Å². The van der Waals surface area contributed by atoms with Crippen LogP contribution in [0.3, 0.4) is 0 Å². The molecular weight excluding hydrogens is 470 g/mol. The fraction of sp³-hybridized carbons (Fsp3) is 0.345. The number of rotatable bonds is 4. The Hall–Kier alpha value is -4.07. The highest BCUT2D eigenvalue weighted by Crippen LogP contribution is 2.56. The highest BCUT2D eigenvalue weighted by atomic mass is 16.2. The van der Waals surface area contributed by atoms with Crippen LogP contribution in [0.25, 0.3) is 0 Å². The van der Waals surface area contributed by atoms with E-state index in [4.69, 9.17) is 0 Å². The molecule has 6 rings (SSSR count). The van der Waals surface area contributed by atoms with Crippen molar-refractivity contribution in [3.63, 3.8) is 0 Å². The van der Waals surface area contributed by atoms with Crippen molar-refractivity contribution in [1.29, 1.82) is 0 Å². The zero-order valence-corrected chi connectivity index (χ0v) is 20.7. The van der Waals surface area contributed by atoms with E-state index in [9.17, 15) is 24.0 Å². The van der Waals surface area contributed by atoms with E-state index in [0.29, 0.717) is 30.5 Å². The molecule has 4 aliphatic rings. The largest absolute Gasteiger partial charge is 0.335 e. The van der Waals surface area contributed by atoms with Gasteiger partial charge in [-0.05, 0) is 43.9 Å². The summed E-state index contributed by atoms with van der Waals surface area (Å²) in [6, 6.07) is 17.2. The van der Waals surface area contributed by atoms with Crippen LogP contribution in [0.15, 0.2) is 71.8 Å². The number of hydrogen-bond donors (Lipinski definition) is 0. The predicted molar refractivity (Wildman–Crippen MR) is 134 cm³/mol. The van der Waals surface area contributed by atoms with Gasteiger partial charge in [-0.3, -0.25) is 29.0 Å². The van der Waals surface area contributed by atoms with Crippen LogP contribution in [-0.4, -0.2) is 45.0 Å².